The second-order valence-electron chi connectivity index (χ2n) is 5.41. The summed E-state index contributed by atoms with van der Waals surface area (Å²) in [4.78, 5) is 11.0. The van der Waals surface area contributed by atoms with Crippen LogP contribution in [0.15, 0.2) is 6.20 Å². The molecule has 0 saturated heterocycles. The predicted molar refractivity (Wildman–Crippen MR) is 69.6 cm³/mol. The summed E-state index contributed by atoms with van der Waals surface area (Å²) in [7, 11) is -1.05. The van der Waals surface area contributed by atoms with Crippen LogP contribution in [0.1, 0.15) is 16.1 Å². The molecule has 0 bridgehead atoms. The quantitative estimate of drug-likeness (QED) is 0.620. The van der Waals surface area contributed by atoms with Gasteiger partial charge in [0.2, 0.25) is 0 Å². The molecule has 0 radical (unpaired) electrons. The number of hydrogen-bond donors (Lipinski definition) is 1. The number of amides is 1. The van der Waals surface area contributed by atoms with Crippen LogP contribution in [0.2, 0.25) is 25.7 Å². The third-order valence-corrected chi connectivity index (χ3v) is 4.10. The molecule has 1 aromatic heterocycles. The van der Waals surface area contributed by atoms with E-state index in [0.29, 0.717) is 12.4 Å². The summed E-state index contributed by atoms with van der Waals surface area (Å²) in [6.45, 7) is 9.84. The van der Waals surface area contributed by atoms with E-state index in [2.05, 4.69) is 24.7 Å². The fourth-order valence-electron chi connectivity index (χ4n) is 1.37. The smallest absolute Gasteiger partial charge is 0.269 e. The molecule has 96 valence electrons. The Kier molecular flexibility index (Phi) is 4.47. The van der Waals surface area contributed by atoms with Gasteiger partial charge in [0, 0.05) is 26.4 Å². The van der Waals surface area contributed by atoms with Crippen molar-refractivity contribution in [3.63, 3.8) is 0 Å². The fraction of sp³-hybridized carbons (Fsp3) is 0.636. The number of carbonyl (C=O) groups is 1. The summed E-state index contributed by atoms with van der Waals surface area (Å²) in [6.07, 6.45) is 1.77. The minimum atomic E-state index is -1.05. The molecule has 0 aliphatic heterocycles. The lowest BCUT2D eigenvalue weighted by molar-refractivity contribution is 0.0778. The highest BCUT2D eigenvalue weighted by molar-refractivity contribution is 6.76. The number of aryl methyl sites for hydroxylation is 1. The van der Waals surface area contributed by atoms with Crippen molar-refractivity contribution in [1.82, 2.24) is 9.78 Å². The molecule has 1 heterocycles. The van der Waals surface area contributed by atoms with Crippen LogP contribution < -0.4 is 5.73 Å². The fourth-order valence-corrected chi connectivity index (χ4v) is 2.12. The van der Waals surface area contributed by atoms with Crippen LogP contribution >= 0.6 is 0 Å². The number of aromatic nitrogens is 2. The summed E-state index contributed by atoms with van der Waals surface area (Å²) in [5.41, 5.74) is 6.29. The van der Waals surface area contributed by atoms with Gasteiger partial charge in [-0.15, -0.1) is 0 Å². The van der Waals surface area contributed by atoms with Gasteiger partial charge in [-0.1, -0.05) is 19.6 Å². The van der Waals surface area contributed by atoms with E-state index in [1.165, 1.54) is 0 Å². The summed E-state index contributed by atoms with van der Waals surface area (Å²) in [6, 6.07) is 1.12. The van der Waals surface area contributed by atoms with Crippen molar-refractivity contribution >= 4 is 14.0 Å². The van der Waals surface area contributed by atoms with Gasteiger partial charge in [0.1, 0.15) is 6.73 Å². The van der Waals surface area contributed by atoms with Gasteiger partial charge in [-0.2, -0.15) is 5.10 Å². The van der Waals surface area contributed by atoms with E-state index in [9.17, 15) is 4.79 Å². The standard InChI is InChI=1S/C11H21N3O2Si/c1-9-7-14(13-10(9)11(12)15)8-16-5-6-17(2,3)4/h7H,5-6,8H2,1-4H3,(H2,12,15). The van der Waals surface area contributed by atoms with Gasteiger partial charge in [0.25, 0.3) is 5.91 Å². The van der Waals surface area contributed by atoms with E-state index >= 15 is 0 Å². The number of ether oxygens (including phenoxy) is 1. The minimum Gasteiger partial charge on any atom is -0.364 e. The summed E-state index contributed by atoms with van der Waals surface area (Å²) >= 11 is 0. The molecule has 0 unspecified atom stereocenters. The van der Waals surface area contributed by atoms with Gasteiger partial charge in [0.05, 0.1) is 0 Å². The van der Waals surface area contributed by atoms with Crippen molar-refractivity contribution in [2.75, 3.05) is 6.61 Å². The highest BCUT2D eigenvalue weighted by Gasteiger charge is 2.13. The Bertz CT molecular complexity index is 396. The Labute approximate surface area is 103 Å². The highest BCUT2D eigenvalue weighted by atomic mass is 28.3. The molecule has 17 heavy (non-hydrogen) atoms. The predicted octanol–water partition coefficient (Wildman–Crippen LogP) is 1.60. The monoisotopic (exact) mass is 255 g/mol. The van der Waals surface area contributed by atoms with Crippen molar-refractivity contribution in [2.45, 2.75) is 39.3 Å². The van der Waals surface area contributed by atoms with E-state index in [1.807, 2.05) is 6.92 Å². The molecule has 6 heteroatoms. The second kappa shape index (κ2) is 5.46. The molecule has 1 aromatic rings. The Morgan fingerprint density at radius 1 is 1.53 bits per heavy atom. The van der Waals surface area contributed by atoms with E-state index in [-0.39, 0.29) is 0 Å². The van der Waals surface area contributed by atoms with Crippen molar-refractivity contribution in [1.29, 1.82) is 0 Å². The third-order valence-electron chi connectivity index (χ3n) is 2.40. The summed E-state index contributed by atoms with van der Waals surface area (Å²) in [5, 5.41) is 4.07. The molecule has 2 N–H and O–H groups in total. The molecule has 0 aliphatic carbocycles. The molecule has 0 spiro atoms. The number of carbonyl (C=O) groups excluding carboxylic acids is 1. The number of rotatable bonds is 6. The first kappa shape index (κ1) is 13.9. The van der Waals surface area contributed by atoms with Crippen LogP contribution in [0.3, 0.4) is 0 Å². The number of primary amides is 1. The molecule has 5 nitrogen and oxygen atoms in total. The van der Waals surface area contributed by atoms with E-state index in [1.54, 1.807) is 10.9 Å². The average Bonchev–Trinajstić information content (AvgIpc) is 2.53. The SMILES string of the molecule is Cc1cn(COCC[Si](C)(C)C)nc1C(N)=O. The van der Waals surface area contributed by atoms with Gasteiger partial charge in [-0.3, -0.25) is 4.79 Å². The molecule has 0 aliphatic rings. The van der Waals surface area contributed by atoms with E-state index in [4.69, 9.17) is 10.5 Å². The lowest BCUT2D eigenvalue weighted by atomic mass is 10.3. The molecule has 1 rings (SSSR count). The van der Waals surface area contributed by atoms with Crippen LogP contribution in [0.5, 0.6) is 0 Å². The summed E-state index contributed by atoms with van der Waals surface area (Å²) in [5.74, 6) is -0.497. The van der Waals surface area contributed by atoms with Gasteiger partial charge >= 0.3 is 0 Å². The van der Waals surface area contributed by atoms with Crippen LogP contribution in [-0.4, -0.2) is 30.4 Å². The zero-order chi connectivity index (χ0) is 13.1. The normalized spacial score (nSPS) is 11.8. The summed E-state index contributed by atoms with van der Waals surface area (Å²) < 4.78 is 7.14. The molecule has 1 amide bonds. The largest absolute Gasteiger partial charge is 0.364 e. The topological polar surface area (TPSA) is 70.1 Å². The first-order valence-electron chi connectivity index (χ1n) is 5.71. The zero-order valence-electron chi connectivity index (χ0n) is 11.0. The zero-order valence-corrected chi connectivity index (χ0v) is 12.0. The number of nitrogens with two attached hydrogens (primary N) is 1. The Balaban J connectivity index is 2.43. The number of hydrogen-bond acceptors (Lipinski definition) is 3. The van der Waals surface area contributed by atoms with E-state index < -0.39 is 14.0 Å². The van der Waals surface area contributed by atoms with Crippen molar-refractivity contribution < 1.29 is 9.53 Å². The van der Waals surface area contributed by atoms with Crippen LogP contribution in [0.4, 0.5) is 0 Å². The molecular formula is C11H21N3O2Si. The maximum atomic E-state index is 11.0. The second-order valence-corrected chi connectivity index (χ2v) is 11.0. The van der Waals surface area contributed by atoms with Crippen molar-refractivity contribution in [3.05, 3.63) is 17.5 Å². The first-order chi connectivity index (χ1) is 7.79. The first-order valence-corrected chi connectivity index (χ1v) is 9.42. The van der Waals surface area contributed by atoms with Crippen molar-refractivity contribution in [2.24, 2.45) is 5.73 Å². The van der Waals surface area contributed by atoms with Crippen LogP contribution in [-0.2, 0) is 11.5 Å². The molecule has 0 saturated carbocycles. The average molecular weight is 255 g/mol. The van der Waals surface area contributed by atoms with E-state index in [0.717, 1.165) is 18.2 Å². The molecule has 0 atom stereocenters. The van der Waals surface area contributed by atoms with Crippen molar-refractivity contribution in [3.8, 4) is 0 Å². The van der Waals surface area contributed by atoms with Gasteiger partial charge in [0.15, 0.2) is 5.69 Å². The molecule has 0 fully saturated rings. The Morgan fingerprint density at radius 3 is 2.65 bits per heavy atom. The molecule has 0 aromatic carbocycles. The maximum Gasteiger partial charge on any atom is 0.269 e. The van der Waals surface area contributed by atoms with Gasteiger partial charge in [-0.25, -0.2) is 4.68 Å². The Morgan fingerprint density at radius 2 is 2.18 bits per heavy atom. The highest BCUT2D eigenvalue weighted by Crippen LogP contribution is 2.08. The minimum absolute atomic E-state index is 0.318. The van der Waals surface area contributed by atoms with Gasteiger partial charge < -0.3 is 10.5 Å². The third kappa shape index (κ3) is 4.70. The Hall–Kier alpha value is -1.14. The van der Waals surface area contributed by atoms with Crippen LogP contribution in [0, 0.1) is 6.92 Å². The lowest BCUT2D eigenvalue weighted by Gasteiger charge is -2.15. The lowest BCUT2D eigenvalue weighted by Crippen LogP contribution is -2.22. The molecular weight excluding hydrogens is 234 g/mol. The van der Waals surface area contributed by atoms with Gasteiger partial charge in [-0.05, 0) is 13.0 Å². The van der Waals surface area contributed by atoms with Crippen LogP contribution in [0.25, 0.3) is 0 Å². The maximum absolute atomic E-state index is 11.0. The number of nitrogens with zero attached hydrogens (tertiary/aromatic N) is 2.